The molecule has 4 nitrogen and oxygen atoms in total. The Morgan fingerprint density at radius 3 is 3.00 bits per heavy atom. The van der Waals surface area contributed by atoms with Crippen molar-refractivity contribution in [3.05, 3.63) is 58.5 Å². The summed E-state index contributed by atoms with van der Waals surface area (Å²) in [4.78, 5) is 12.6. The van der Waals surface area contributed by atoms with E-state index in [1.54, 1.807) is 11.8 Å². The lowest BCUT2D eigenvalue weighted by atomic mass is 10.2. The molecule has 0 atom stereocenters. The Morgan fingerprint density at radius 1 is 1.18 bits per heavy atom. The molecule has 0 fully saturated rings. The molecule has 3 aromatic heterocycles. The lowest BCUT2D eigenvalue weighted by Crippen LogP contribution is -1.81. The molecule has 0 bridgehead atoms. The van der Waals surface area contributed by atoms with Crippen LogP contribution >= 0.6 is 27.7 Å². The van der Waals surface area contributed by atoms with Gasteiger partial charge in [0.05, 0.1) is 16.7 Å². The Bertz CT molecular complexity index is 893. The van der Waals surface area contributed by atoms with Gasteiger partial charge in [-0.25, -0.2) is 9.97 Å². The molecular weight excluding hydrogens is 360 g/mol. The Balaban J connectivity index is 1.56. The minimum atomic E-state index is 0.790. The molecule has 22 heavy (non-hydrogen) atoms. The molecule has 110 valence electrons. The highest BCUT2D eigenvalue weighted by Crippen LogP contribution is 2.24. The van der Waals surface area contributed by atoms with Crippen LogP contribution in [0.4, 0.5) is 0 Å². The summed E-state index contributed by atoms with van der Waals surface area (Å²) in [7, 11) is 0. The number of hydrogen-bond acceptors (Lipinski definition) is 3. The van der Waals surface area contributed by atoms with Crippen molar-refractivity contribution >= 4 is 44.4 Å². The molecule has 0 spiro atoms. The molecule has 1 aromatic carbocycles. The van der Waals surface area contributed by atoms with Crippen molar-refractivity contribution in [1.82, 2.24) is 19.4 Å². The fourth-order valence-electron chi connectivity index (χ4n) is 2.40. The van der Waals surface area contributed by atoms with Gasteiger partial charge in [-0.3, -0.25) is 0 Å². The fraction of sp³-hybridized carbons (Fsp3) is 0.125. The van der Waals surface area contributed by atoms with Crippen LogP contribution in [0.1, 0.15) is 11.3 Å². The van der Waals surface area contributed by atoms with Gasteiger partial charge in [0.2, 0.25) is 0 Å². The second-order valence-electron chi connectivity index (χ2n) is 5.20. The van der Waals surface area contributed by atoms with Gasteiger partial charge in [-0.05, 0) is 52.7 Å². The average Bonchev–Trinajstić information content (AvgIpc) is 3.07. The first-order chi connectivity index (χ1) is 10.7. The number of imidazole rings is 2. The van der Waals surface area contributed by atoms with E-state index in [0.717, 1.165) is 37.8 Å². The highest BCUT2D eigenvalue weighted by Gasteiger charge is 2.06. The van der Waals surface area contributed by atoms with Gasteiger partial charge in [0, 0.05) is 22.6 Å². The van der Waals surface area contributed by atoms with E-state index in [0.29, 0.717) is 0 Å². The Labute approximate surface area is 140 Å². The van der Waals surface area contributed by atoms with Crippen LogP contribution in [0.5, 0.6) is 0 Å². The van der Waals surface area contributed by atoms with E-state index in [1.165, 1.54) is 5.56 Å². The lowest BCUT2D eigenvalue weighted by molar-refractivity contribution is 1.07. The SMILES string of the molecule is Cc1ccc2nc(SCc3cn4cc(Br)ccc4n3)[nH]c2c1. The maximum atomic E-state index is 4.62. The summed E-state index contributed by atoms with van der Waals surface area (Å²) < 4.78 is 3.08. The first-order valence-electron chi connectivity index (χ1n) is 6.90. The Kier molecular flexibility index (Phi) is 3.43. The topological polar surface area (TPSA) is 46.0 Å². The number of benzene rings is 1. The third kappa shape index (κ3) is 2.64. The van der Waals surface area contributed by atoms with Crippen molar-refractivity contribution < 1.29 is 0 Å². The van der Waals surface area contributed by atoms with Crippen molar-refractivity contribution in [2.75, 3.05) is 0 Å². The maximum absolute atomic E-state index is 4.62. The van der Waals surface area contributed by atoms with Crippen molar-refractivity contribution in [2.24, 2.45) is 0 Å². The van der Waals surface area contributed by atoms with Gasteiger partial charge in [0.1, 0.15) is 5.65 Å². The van der Waals surface area contributed by atoms with E-state index in [4.69, 9.17) is 0 Å². The number of nitrogens with one attached hydrogen (secondary N) is 1. The Morgan fingerprint density at radius 2 is 2.09 bits per heavy atom. The molecule has 0 aliphatic carbocycles. The maximum Gasteiger partial charge on any atom is 0.166 e. The molecule has 0 radical (unpaired) electrons. The van der Waals surface area contributed by atoms with Gasteiger partial charge < -0.3 is 9.38 Å². The van der Waals surface area contributed by atoms with Crippen LogP contribution in [-0.2, 0) is 5.75 Å². The molecule has 4 rings (SSSR count). The van der Waals surface area contributed by atoms with Crippen molar-refractivity contribution in [1.29, 1.82) is 0 Å². The van der Waals surface area contributed by atoms with Gasteiger partial charge >= 0.3 is 0 Å². The normalized spacial score (nSPS) is 11.5. The zero-order valence-electron chi connectivity index (χ0n) is 11.9. The number of fused-ring (bicyclic) bond motifs is 2. The molecule has 0 unspecified atom stereocenters. The highest BCUT2D eigenvalue weighted by atomic mass is 79.9. The molecule has 1 N–H and O–H groups in total. The summed E-state index contributed by atoms with van der Waals surface area (Å²) in [5.74, 6) is 0.790. The second-order valence-corrected chi connectivity index (χ2v) is 7.08. The molecule has 0 saturated carbocycles. The van der Waals surface area contributed by atoms with Crippen LogP contribution in [0.15, 0.2) is 52.4 Å². The summed E-state index contributed by atoms with van der Waals surface area (Å²) in [6.45, 7) is 2.09. The lowest BCUT2D eigenvalue weighted by Gasteiger charge is -1.92. The largest absolute Gasteiger partial charge is 0.333 e. The van der Waals surface area contributed by atoms with E-state index < -0.39 is 0 Å². The standard InChI is InChI=1S/C16H13BrN4S/c1-10-2-4-13-14(6-10)20-16(19-13)22-9-12-8-21-7-11(17)3-5-15(21)18-12/h2-8H,9H2,1H3,(H,19,20). The molecule has 0 aliphatic heterocycles. The second kappa shape index (κ2) is 5.44. The number of nitrogens with zero attached hydrogens (tertiary/aromatic N) is 3. The molecular formula is C16H13BrN4S. The van der Waals surface area contributed by atoms with Gasteiger partial charge in [0.15, 0.2) is 5.16 Å². The van der Waals surface area contributed by atoms with Crippen molar-refractivity contribution in [3.8, 4) is 0 Å². The van der Waals surface area contributed by atoms with Crippen LogP contribution < -0.4 is 0 Å². The number of halogens is 1. The van der Waals surface area contributed by atoms with Crippen LogP contribution in [0.2, 0.25) is 0 Å². The number of thioether (sulfide) groups is 1. The van der Waals surface area contributed by atoms with Crippen molar-refractivity contribution in [3.63, 3.8) is 0 Å². The van der Waals surface area contributed by atoms with Gasteiger partial charge in [-0.2, -0.15) is 0 Å². The minimum Gasteiger partial charge on any atom is -0.333 e. The van der Waals surface area contributed by atoms with Gasteiger partial charge in [-0.15, -0.1) is 0 Å². The molecule has 3 heterocycles. The number of pyridine rings is 1. The van der Waals surface area contributed by atoms with E-state index in [9.17, 15) is 0 Å². The number of hydrogen-bond donors (Lipinski definition) is 1. The number of aromatic nitrogens is 4. The first kappa shape index (κ1) is 13.8. The quantitative estimate of drug-likeness (QED) is 0.535. The molecule has 0 amide bonds. The smallest absolute Gasteiger partial charge is 0.166 e. The van der Waals surface area contributed by atoms with Crippen LogP contribution in [-0.4, -0.2) is 19.4 Å². The first-order valence-corrected chi connectivity index (χ1v) is 8.67. The van der Waals surface area contributed by atoms with E-state index in [1.807, 2.05) is 28.8 Å². The predicted molar refractivity (Wildman–Crippen MR) is 93.3 cm³/mol. The summed E-state index contributed by atoms with van der Waals surface area (Å²) in [6, 6.07) is 10.3. The van der Waals surface area contributed by atoms with E-state index >= 15 is 0 Å². The number of aryl methyl sites for hydroxylation is 1. The Hall–Kier alpha value is -1.79. The number of rotatable bonds is 3. The number of H-pyrrole nitrogens is 1. The predicted octanol–water partition coefficient (Wildman–Crippen LogP) is 4.57. The third-order valence-corrected chi connectivity index (χ3v) is 4.81. The third-order valence-electron chi connectivity index (χ3n) is 3.44. The summed E-state index contributed by atoms with van der Waals surface area (Å²) in [5, 5.41) is 0.929. The minimum absolute atomic E-state index is 0.790. The molecule has 0 saturated heterocycles. The monoisotopic (exact) mass is 372 g/mol. The molecule has 6 heteroatoms. The fourth-order valence-corrected chi connectivity index (χ4v) is 3.52. The molecule has 4 aromatic rings. The summed E-state index contributed by atoms with van der Waals surface area (Å²) in [6.07, 6.45) is 4.07. The van der Waals surface area contributed by atoms with Crippen molar-refractivity contribution in [2.45, 2.75) is 17.8 Å². The van der Waals surface area contributed by atoms with E-state index in [2.05, 4.69) is 56.1 Å². The van der Waals surface area contributed by atoms with E-state index in [-0.39, 0.29) is 0 Å². The van der Waals surface area contributed by atoms with Crippen LogP contribution in [0, 0.1) is 6.92 Å². The zero-order chi connectivity index (χ0) is 15.1. The summed E-state index contributed by atoms with van der Waals surface area (Å²) >= 11 is 5.14. The average molecular weight is 373 g/mol. The summed E-state index contributed by atoms with van der Waals surface area (Å²) in [5.41, 5.74) is 5.32. The molecule has 0 aliphatic rings. The van der Waals surface area contributed by atoms with Crippen LogP contribution in [0.3, 0.4) is 0 Å². The van der Waals surface area contributed by atoms with Crippen LogP contribution in [0.25, 0.3) is 16.7 Å². The van der Waals surface area contributed by atoms with Gasteiger partial charge in [-0.1, -0.05) is 17.8 Å². The number of aromatic amines is 1. The van der Waals surface area contributed by atoms with Gasteiger partial charge in [0.25, 0.3) is 0 Å². The zero-order valence-corrected chi connectivity index (χ0v) is 14.3. The highest BCUT2D eigenvalue weighted by molar-refractivity contribution is 9.10.